The van der Waals surface area contributed by atoms with Crippen LogP contribution in [0, 0.1) is 26.6 Å². The summed E-state index contributed by atoms with van der Waals surface area (Å²) in [6.07, 6.45) is 0. The Morgan fingerprint density at radius 2 is 1.70 bits per heavy atom. The lowest BCUT2D eigenvalue weighted by Crippen LogP contribution is -2.15. The van der Waals surface area contributed by atoms with Crippen LogP contribution in [0.4, 0.5) is 4.39 Å². The fraction of sp³-hybridized carbons (Fsp3) is 0.190. The van der Waals surface area contributed by atoms with E-state index in [1.807, 2.05) is 32.9 Å². The maximum atomic E-state index is 13.0. The van der Waals surface area contributed by atoms with Crippen molar-refractivity contribution in [2.45, 2.75) is 20.8 Å². The SMILES string of the molecule is Cc1cc(C)c(C(=O)COC(=O)c2csc(-c3ccc(F)cc3)n2)cc1C. The van der Waals surface area contributed by atoms with Crippen LogP contribution in [0.15, 0.2) is 41.8 Å². The molecule has 0 aliphatic carbocycles. The molecule has 0 atom stereocenters. The Hall–Kier alpha value is -2.86. The first kappa shape index (κ1) is 18.9. The summed E-state index contributed by atoms with van der Waals surface area (Å²) in [6, 6.07) is 9.61. The first-order valence-electron chi connectivity index (χ1n) is 8.35. The Morgan fingerprint density at radius 1 is 1.04 bits per heavy atom. The molecular formula is C21H18FNO3S. The van der Waals surface area contributed by atoms with E-state index >= 15 is 0 Å². The predicted octanol–water partition coefficient (Wildman–Crippen LogP) is 4.91. The molecule has 27 heavy (non-hydrogen) atoms. The van der Waals surface area contributed by atoms with Crippen molar-refractivity contribution in [3.05, 3.63) is 75.5 Å². The lowest BCUT2D eigenvalue weighted by atomic mass is 9.98. The van der Waals surface area contributed by atoms with Crippen molar-refractivity contribution in [1.82, 2.24) is 4.98 Å². The van der Waals surface area contributed by atoms with E-state index in [1.165, 1.54) is 23.5 Å². The van der Waals surface area contributed by atoms with Gasteiger partial charge in [0, 0.05) is 16.5 Å². The van der Waals surface area contributed by atoms with Gasteiger partial charge in [0.2, 0.25) is 5.78 Å². The topological polar surface area (TPSA) is 56.3 Å². The van der Waals surface area contributed by atoms with E-state index in [4.69, 9.17) is 4.74 Å². The van der Waals surface area contributed by atoms with Crippen molar-refractivity contribution >= 4 is 23.1 Å². The summed E-state index contributed by atoms with van der Waals surface area (Å²) >= 11 is 1.25. The largest absolute Gasteiger partial charge is 0.453 e. The Bertz CT molecular complexity index is 1010. The molecule has 0 radical (unpaired) electrons. The molecule has 0 spiro atoms. The van der Waals surface area contributed by atoms with Gasteiger partial charge in [-0.15, -0.1) is 11.3 Å². The number of aromatic nitrogens is 1. The molecule has 3 rings (SSSR count). The zero-order valence-electron chi connectivity index (χ0n) is 15.2. The zero-order chi connectivity index (χ0) is 19.6. The summed E-state index contributed by atoms with van der Waals surface area (Å²) in [6.45, 7) is 5.43. The lowest BCUT2D eigenvalue weighted by Gasteiger charge is -2.09. The molecule has 0 unspecified atom stereocenters. The number of hydrogen-bond acceptors (Lipinski definition) is 5. The molecule has 0 fully saturated rings. The molecular weight excluding hydrogens is 365 g/mol. The van der Waals surface area contributed by atoms with Gasteiger partial charge in [-0.25, -0.2) is 14.2 Å². The fourth-order valence-corrected chi connectivity index (χ4v) is 3.43. The second-order valence-electron chi connectivity index (χ2n) is 6.30. The van der Waals surface area contributed by atoms with Gasteiger partial charge in [0.05, 0.1) is 0 Å². The van der Waals surface area contributed by atoms with Crippen LogP contribution in [-0.2, 0) is 4.74 Å². The highest BCUT2D eigenvalue weighted by molar-refractivity contribution is 7.13. The van der Waals surface area contributed by atoms with E-state index in [9.17, 15) is 14.0 Å². The van der Waals surface area contributed by atoms with Crippen molar-refractivity contribution in [1.29, 1.82) is 0 Å². The fourth-order valence-electron chi connectivity index (χ4n) is 2.64. The molecule has 6 heteroatoms. The molecule has 1 aromatic heterocycles. The number of thiazole rings is 1. The maximum Gasteiger partial charge on any atom is 0.358 e. The van der Waals surface area contributed by atoms with Crippen molar-refractivity contribution in [2.75, 3.05) is 6.61 Å². The molecule has 0 saturated heterocycles. The first-order valence-corrected chi connectivity index (χ1v) is 9.23. The van der Waals surface area contributed by atoms with E-state index in [0.29, 0.717) is 16.1 Å². The summed E-state index contributed by atoms with van der Waals surface area (Å²) in [4.78, 5) is 28.8. The minimum atomic E-state index is -0.658. The molecule has 138 valence electrons. The number of rotatable bonds is 5. The second-order valence-corrected chi connectivity index (χ2v) is 7.15. The number of esters is 1. The summed E-state index contributed by atoms with van der Waals surface area (Å²) in [7, 11) is 0. The minimum absolute atomic E-state index is 0.129. The van der Waals surface area contributed by atoms with Gasteiger partial charge in [-0.2, -0.15) is 0 Å². The Kier molecular flexibility index (Phi) is 5.46. The van der Waals surface area contributed by atoms with Crippen LogP contribution in [0.1, 0.15) is 37.5 Å². The van der Waals surface area contributed by atoms with E-state index in [1.54, 1.807) is 17.5 Å². The molecule has 2 aromatic carbocycles. The number of Topliss-reactive ketones (excluding diaryl/α,β-unsaturated/α-hetero) is 1. The molecule has 4 nitrogen and oxygen atoms in total. The number of ether oxygens (including phenoxy) is 1. The van der Waals surface area contributed by atoms with E-state index < -0.39 is 5.97 Å². The van der Waals surface area contributed by atoms with Gasteiger partial charge in [-0.1, -0.05) is 6.07 Å². The van der Waals surface area contributed by atoms with Gasteiger partial charge in [0.25, 0.3) is 0 Å². The second kappa shape index (κ2) is 7.80. The third-order valence-corrected chi connectivity index (χ3v) is 5.17. The molecule has 0 bridgehead atoms. The number of hydrogen-bond donors (Lipinski definition) is 0. The minimum Gasteiger partial charge on any atom is -0.453 e. The van der Waals surface area contributed by atoms with Crippen LogP contribution >= 0.6 is 11.3 Å². The predicted molar refractivity (Wildman–Crippen MR) is 103 cm³/mol. The molecule has 0 amide bonds. The third-order valence-electron chi connectivity index (χ3n) is 4.28. The zero-order valence-corrected chi connectivity index (χ0v) is 16.0. The highest BCUT2D eigenvalue weighted by atomic mass is 32.1. The van der Waals surface area contributed by atoms with Crippen molar-refractivity contribution < 1.29 is 18.7 Å². The Morgan fingerprint density at radius 3 is 2.41 bits per heavy atom. The van der Waals surface area contributed by atoms with Crippen molar-refractivity contribution in [3.8, 4) is 10.6 Å². The van der Waals surface area contributed by atoms with Crippen LogP contribution in [0.3, 0.4) is 0 Å². The summed E-state index contributed by atoms with van der Waals surface area (Å²) in [5.74, 6) is -1.25. The average molecular weight is 383 g/mol. The molecule has 0 saturated carbocycles. The number of nitrogens with zero attached hydrogens (tertiary/aromatic N) is 1. The Balaban J connectivity index is 1.67. The van der Waals surface area contributed by atoms with Gasteiger partial charge in [0.15, 0.2) is 12.3 Å². The van der Waals surface area contributed by atoms with Crippen LogP contribution in [-0.4, -0.2) is 23.3 Å². The van der Waals surface area contributed by atoms with Gasteiger partial charge in [0.1, 0.15) is 10.8 Å². The number of ketones is 1. The van der Waals surface area contributed by atoms with E-state index in [0.717, 1.165) is 16.7 Å². The normalized spacial score (nSPS) is 10.7. The van der Waals surface area contributed by atoms with E-state index in [2.05, 4.69) is 4.98 Å². The van der Waals surface area contributed by atoms with Crippen LogP contribution in [0.25, 0.3) is 10.6 Å². The number of carbonyl (C=O) groups is 2. The van der Waals surface area contributed by atoms with Crippen molar-refractivity contribution in [3.63, 3.8) is 0 Å². The quantitative estimate of drug-likeness (QED) is 0.464. The first-order chi connectivity index (χ1) is 12.8. The van der Waals surface area contributed by atoms with Crippen molar-refractivity contribution in [2.24, 2.45) is 0 Å². The van der Waals surface area contributed by atoms with Crippen LogP contribution in [0.5, 0.6) is 0 Å². The summed E-state index contributed by atoms with van der Waals surface area (Å²) in [5.41, 5.74) is 4.37. The average Bonchev–Trinajstić information content (AvgIpc) is 3.13. The smallest absolute Gasteiger partial charge is 0.358 e. The number of halogens is 1. The molecule has 3 aromatic rings. The van der Waals surface area contributed by atoms with E-state index in [-0.39, 0.29) is 23.9 Å². The maximum absolute atomic E-state index is 13.0. The van der Waals surface area contributed by atoms with Crippen LogP contribution < -0.4 is 0 Å². The summed E-state index contributed by atoms with van der Waals surface area (Å²) < 4.78 is 18.1. The number of carbonyl (C=O) groups excluding carboxylic acids is 2. The molecule has 0 aliphatic heterocycles. The number of benzene rings is 2. The highest BCUT2D eigenvalue weighted by Gasteiger charge is 2.17. The third kappa shape index (κ3) is 4.28. The van der Waals surface area contributed by atoms with Gasteiger partial charge >= 0.3 is 5.97 Å². The number of aryl methyl sites for hydroxylation is 3. The molecule has 0 N–H and O–H groups in total. The summed E-state index contributed by atoms with van der Waals surface area (Å²) in [5, 5.41) is 2.14. The Labute approximate surface area is 160 Å². The highest BCUT2D eigenvalue weighted by Crippen LogP contribution is 2.24. The van der Waals surface area contributed by atoms with Crippen LogP contribution in [0.2, 0.25) is 0 Å². The van der Waals surface area contributed by atoms with Gasteiger partial charge < -0.3 is 4.74 Å². The monoisotopic (exact) mass is 383 g/mol. The lowest BCUT2D eigenvalue weighted by molar-refractivity contribution is 0.0469. The van der Waals surface area contributed by atoms with Gasteiger partial charge in [-0.05, 0) is 67.8 Å². The standard InChI is InChI=1S/C21H18FNO3S/c1-12-8-14(3)17(9-13(12)2)19(24)10-26-21(25)18-11-27-20(23-18)15-4-6-16(22)7-5-15/h4-9,11H,10H2,1-3H3. The van der Waals surface area contributed by atoms with Gasteiger partial charge in [-0.3, -0.25) is 4.79 Å². The molecule has 0 aliphatic rings. The molecule has 1 heterocycles.